The summed E-state index contributed by atoms with van der Waals surface area (Å²) in [6.45, 7) is 12.4. The van der Waals surface area contributed by atoms with Gasteiger partial charge in [-0.15, -0.1) is 0 Å². The highest BCUT2D eigenvalue weighted by Crippen LogP contribution is 2.41. The number of hydrogen-bond donors (Lipinski definition) is 4. The maximum Gasteiger partial charge on any atom is 0.490 e. The van der Waals surface area contributed by atoms with Crippen LogP contribution in [0.4, 0.5) is 16.6 Å². The van der Waals surface area contributed by atoms with E-state index in [9.17, 15) is 19.6 Å². The Kier molecular flexibility index (Phi) is 8.22. The molecule has 12 nitrogen and oxygen atoms in total. The number of anilines is 2. The van der Waals surface area contributed by atoms with E-state index >= 15 is 0 Å². The monoisotopic (exact) mass is 541 g/mol. The minimum atomic E-state index is -1.68. The molecule has 1 unspecified atom stereocenters. The molecule has 13 heteroatoms. The van der Waals surface area contributed by atoms with Crippen LogP contribution >= 0.6 is 0 Å². The van der Waals surface area contributed by atoms with E-state index in [1.54, 1.807) is 18.0 Å². The van der Waals surface area contributed by atoms with Gasteiger partial charge in [0.2, 0.25) is 11.9 Å². The van der Waals surface area contributed by atoms with Crippen molar-refractivity contribution in [3.8, 4) is 0 Å². The first-order valence-corrected chi connectivity index (χ1v) is 13.5. The number of pyridine rings is 1. The number of amides is 2. The summed E-state index contributed by atoms with van der Waals surface area (Å²) >= 11 is 0. The van der Waals surface area contributed by atoms with Crippen molar-refractivity contribution >= 4 is 47.4 Å². The van der Waals surface area contributed by atoms with Crippen LogP contribution < -0.4 is 21.0 Å². The van der Waals surface area contributed by atoms with E-state index in [0.29, 0.717) is 48.4 Å². The highest BCUT2D eigenvalue weighted by Gasteiger charge is 2.50. The van der Waals surface area contributed by atoms with Crippen molar-refractivity contribution in [2.75, 3.05) is 43.4 Å². The number of hydrogen-bond acceptors (Lipinski definition) is 10. The highest BCUT2D eigenvalue weighted by molar-refractivity contribution is 6.58. The van der Waals surface area contributed by atoms with Crippen molar-refractivity contribution in [2.24, 2.45) is 11.3 Å². The van der Waals surface area contributed by atoms with Gasteiger partial charge in [0.05, 0.1) is 5.52 Å². The number of carbonyl (C=O) groups is 2. The molecule has 0 radical (unpaired) electrons. The number of nitrogens with one attached hydrogen (secondary N) is 2. The number of carbonyl (C=O) groups excluding carboxylic acids is 2. The standard InChI is InChI=1S/C26H40BN7O5/c1-16(2)9-18(11-20(35)28-6)30-22-21-19(10-17(12-29-21)27(37)38)31-23(32-22)33-8-7-26(13-33)14-34(15-26)24(36)39-25(3,4)5/h10,12,16,18,37-38H,7-9,11,13-15H2,1-6H3,(H,28,35)(H,30,31,32). The molecule has 0 bridgehead atoms. The van der Waals surface area contributed by atoms with Crippen LogP contribution in [0.5, 0.6) is 0 Å². The van der Waals surface area contributed by atoms with Crippen LogP contribution in [0.1, 0.15) is 53.9 Å². The Morgan fingerprint density at radius 2 is 1.92 bits per heavy atom. The summed E-state index contributed by atoms with van der Waals surface area (Å²) in [6, 6.07) is 1.42. The zero-order chi connectivity index (χ0) is 28.5. The smallest absolute Gasteiger partial charge is 0.444 e. The molecule has 1 atom stereocenters. The summed E-state index contributed by atoms with van der Waals surface area (Å²) in [4.78, 5) is 42.5. The number of aromatic nitrogens is 3. The fourth-order valence-corrected chi connectivity index (χ4v) is 5.27. The Morgan fingerprint density at radius 1 is 1.21 bits per heavy atom. The highest BCUT2D eigenvalue weighted by atomic mass is 16.6. The molecular weight excluding hydrogens is 501 g/mol. The van der Waals surface area contributed by atoms with E-state index in [-0.39, 0.29) is 35.3 Å². The molecule has 1 spiro atoms. The average molecular weight is 541 g/mol. The van der Waals surface area contributed by atoms with Crippen LogP contribution in [0.15, 0.2) is 12.3 Å². The van der Waals surface area contributed by atoms with Crippen molar-refractivity contribution in [1.82, 2.24) is 25.2 Å². The van der Waals surface area contributed by atoms with Gasteiger partial charge in [-0.2, -0.15) is 4.98 Å². The summed E-state index contributed by atoms with van der Waals surface area (Å²) in [5.41, 5.74) is 0.601. The Bertz CT molecular complexity index is 1210. The molecule has 2 fully saturated rings. The number of nitrogens with zero attached hydrogens (tertiary/aromatic N) is 5. The molecule has 2 saturated heterocycles. The average Bonchev–Trinajstić information content (AvgIpc) is 3.27. The summed E-state index contributed by atoms with van der Waals surface area (Å²) in [5, 5.41) is 25.5. The van der Waals surface area contributed by atoms with Crippen LogP contribution in [-0.4, -0.2) is 93.9 Å². The van der Waals surface area contributed by atoms with E-state index in [2.05, 4.69) is 34.4 Å². The third-order valence-electron chi connectivity index (χ3n) is 7.08. The summed E-state index contributed by atoms with van der Waals surface area (Å²) in [7, 11) is -0.0633. The molecule has 2 amide bonds. The summed E-state index contributed by atoms with van der Waals surface area (Å²) < 4.78 is 5.51. The topological polar surface area (TPSA) is 153 Å². The molecule has 4 rings (SSSR count). The number of likely N-dealkylation sites (tertiary alicyclic amines) is 1. The number of rotatable bonds is 8. The lowest BCUT2D eigenvalue weighted by Gasteiger charge is -2.47. The number of fused-ring (bicyclic) bond motifs is 1. The van der Waals surface area contributed by atoms with Gasteiger partial charge in [0.1, 0.15) is 11.1 Å². The normalized spacial score (nSPS) is 17.4. The molecule has 0 aliphatic carbocycles. The molecule has 0 aromatic carbocycles. The molecule has 2 aliphatic rings. The first-order valence-electron chi connectivity index (χ1n) is 13.5. The van der Waals surface area contributed by atoms with Crippen LogP contribution in [-0.2, 0) is 9.53 Å². The molecule has 212 valence electrons. The van der Waals surface area contributed by atoms with Gasteiger partial charge >= 0.3 is 13.2 Å². The zero-order valence-corrected chi connectivity index (χ0v) is 23.7. The lowest BCUT2D eigenvalue weighted by Crippen LogP contribution is -2.60. The molecule has 2 aromatic heterocycles. The first kappa shape index (κ1) is 28.8. The maximum atomic E-state index is 12.5. The third-order valence-corrected chi connectivity index (χ3v) is 7.08. The predicted molar refractivity (Wildman–Crippen MR) is 150 cm³/mol. The second-order valence-corrected chi connectivity index (χ2v) is 12.2. The molecule has 0 saturated carbocycles. The van der Waals surface area contributed by atoms with Gasteiger partial charge in [0, 0.05) is 62.8 Å². The molecule has 2 aliphatic heterocycles. The minimum Gasteiger partial charge on any atom is -0.444 e. The van der Waals surface area contributed by atoms with E-state index in [1.165, 1.54) is 6.20 Å². The van der Waals surface area contributed by atoms with Crippen molar-refractivity contribution in [2.45, 2.75) is 65.5 Å². The minimum absolute atomic E-state index is 0.0520. The molecule has 2 aromatic rings. The van der Waals surface area contributed by atoms with Crippen molar-refractivity contribution in [3.05, 3.63) is 12.3 Å². The largest absolute Gasteiger partial charge is 0.490 e. The second-order valence-electron chi connectivity index (χ2n) is 12.2. The van der Waals surface area contributed by atoms with Crippen LogP contribution in [0.2, 0.25) is 0 Å². The van der Waals surface area contributed by atoms with Crippen molar-refractivity contribution in [3.63, 3.8) is 0 Å². The lowest BCUT2D eigenvalue weighted by molar-refractivity contribution is -0.120. The predicted octanol–water partition coefficient (Wildman–Crippen LogP) is 1.11. The SMILES string of the molecule is CNC(=O)CC(CC(C)C)Nc1nc(N2CCC3(CN(C(=O)OC(C)(C)C)C3)C2)nc2cc(B(O)O)cnc12. The van der Waals surface area contributed by atoms with Gasteiger partial charge in [-0.1, -0.05) is 13.8 Å². The van der Waals surface area contributed by atoms with Gasteiger partial charge in [-0.3, -0.25) is 9.78 Å². The van der Waals surface area contributed by atoms with Gasteiger partial charge in [0.15, 0.2) is 5.82 Å². The zero-order valence-electron chi connectivity index (χ0n) is 23.7. The van der Waals surface area contributed by atoms with Crippen molar-refractivity contribution in [1.29, 1.82) is 0 Å². The van der Waals surface area contributed by atoms with Crippen molar-refractivity contribution < 1.29 is 24.4 Å². The Balaban J connectivity index is 1.59. The van der Waals surface area contributed by atoms with Gasteiger partial charge in [0.25, 0.3) is 0 Å². The lowest BCUT2D eigenvalue weighted by atomic mass is 9.79. The van der Waals surface area contributed by atoms with E-state index in [4.69, 9.17) is 14.7 Å². The van der Waals surface area contributed by atoms with Crippen LogP contribution in [0.25, 0.3) is 11.0 Å². The van der Waals surface area contributed by atoms with E-state index < -0.39 is 12.7 Å². The third kappa shape index (κ3) is 6.88. The Hall–Kier alpha value is -3.19. The second kappa shape index (κ2) is 11.1. The number of ether oxygens (including phenoxy) is 1. The summed E-state index contributed by atoms with van der Waals surface area (Å²) in [5.74, 6) is 1.25. The quantitative estimate of drug-likeness (QED) is 0.358. The van der Waals surface area contributed by atoms with Gasteiger partial charge in [-0.25, -0.2) is 9.78 Å². The molecular formula is C26H40BN7O5. The maximum absolute atomic E-state index is 12.5. The van der Waals surface area contributed by atoms with Gasteiger partial charge in [-0.05, 0) is 45.6 Å². The van der Waals surface area contributed by atoms with E-state index in [1.807, 2.05) is 20.8 Å². The molecule has 39 heavy (non-hydrogen) atoms. The molecule has 4 N–H and O–H groups in total. The van der Waals surface area contributed by atoms with Gasteiger partial charge < -0.3 is 35.2 Å². The van der Waals surface area contributed by atoms with Crippen LogP contribution in [0, 0.1) is 11.3 Å². The Morgan fingerprint density at radius 3 is 2.54 bits per heavy atom. The van der Waals surface area contributed by atoms with Crippen LogP contribution in [0.3, 0.4) is 0 Å². The first-order chi connectivity index (χ1) is 18.3. The fraction of sp³-hybridized carbons (Fsp3) is 0.654. The Labute approximate surface area is 229 Å². The molecule has 4 heterocycles. The van der Waals surface area contributed by atoms with E-state index in [0.717, 1.165) is 19.4 Å². The summed E-state index contributed by atoms with van der Waals surface area (Å²) in [6.07, 6.45) is 3.00. The fourth-order valence-electron chi connectivity index (χ4n) is 5.27.